The van der Waals surface area contributed by atoms with Gasteiger partial charge in [-0.1, -0.05) is 12.1 Å². The van der Waals surface area contributed by atoms with Crippen LogP contribution in [-0.2, 0) is 17.9 Å². The van der Waals surface area contributed by atoms with E-state index in [0.717, 1.165) is 49.9 Å². The van der Waals surface area contributed by atoms with Gasteiger partial charge in [0.05, 0.1) is 18.4 Å². The summed E-state index contributed by atoms with van der Waals surface area (Å²) in [6.45, 7) is 2.91. The molecule has 0 aliphatic carbocycles. The third-order valence-electron chi connectivity index (χ3n) is 4.73. The molecule has 0 N–H and O–H groups in total. The van der Waals surface area contributed by atoms with Gasteiger partial charge < -0.3 is 9.14 Å². The summed E-state index contributed by atoms with van der Waals surface area (Å²) in [4.78, 5) is 6.98. The van der Waals surface area contributed by atoms with E-state index in [1.54, 1.807) is 6.07 Å². The largest absolute Gasteiger partial charge is 0.372 e. The minimum atomic E-state index is -0.830. The van der Waals surface area contributed by atoms with E-state index in [-0.39, 0.29) is 6.10 Å². The average molecular weight is 357 g/mol. The van der Waals surface area contributed by atoms with Crippen molar-refractivity contribution in [1.82, 2.24) is 14.3 Å². The first-order valence-electron chi connectivity index (χ1n) is 8.88. The van der Waals surface area contributed by atoms with Crippen LogP contribution in [0.15, 0.2) is 48.8 Å². The molecular weight excluding hydrogens is 336 g/mol. The topological polar surface area (TPSA) is 29.8 Å². The van der Waals surface area contributed by atoms with Crippen LogP contribution in [0.5, 0.6) is 0 Å². The Bertz CT molecular complexity index is 863. The van der Waals surface area contributed by atoms with Crippen LogP contribution in [-0.4, -0.2) is 33.5 Å². The molecule has 1 saturated heterocycles. The first-order chi connectivity index (χ1) is 12.7. The molecule has 26 heavy (non-hydrogen) atoms. The fourth-order valence-corrected chi connectivity index (χ4v) is 3.43. The van der Waals surface area contributed by atoms with Crippen molar-refractivity contribution in [2.24, 2.45) is 0 Å². The Labute approximate surface area is 151 Å². The van der Waals surface area contributed by atoms with Crippen molar-refractivity contribution in [3.05, 3.63) is 71.7 Å². The van der Waals surface area contributed by atoms with E-state index in [9.17, 15) is 8.78 Å². The van der Waals surface area contributed by atoms with Crippen molar-refractivity contribution in [3.63, 3.8) is 0 Å². The Morgan fingerprint density at radius 3 is 2.92 bits per heavy atom. The highest BCUT2D eigenvalue weighted by molar-refractivity contribution is 5.39. The number of fused-ring (bicyclic) bond motifs is 1. The Kier molecular flexibility index (Phi) is 4.95. The van der Waals surface area contributed by atoms with Crippen molar-refractivity contribution in [2.45, 2.75) is 32.1 Å². The lowest BCUT2D eigenvalue weighted by Crippen LogP contribution is -2.39. The molecule has 4 nitrogen and oxygen atoms in total. The second-order valence-electron chi connectivity index (χ2n) is 6.76. The molecule has 0 unspecified atom stereocenters. The summed E-state index contributed by atoms with van der Waals surface area (Å²) in [7, 11) is 0. The van der Waals surface area contributed by atoms with E-state index in [0.29, 0.717) is 12.2 Å². The van der Waals surface area contributed by atoms with Gasteiger partial charge in [0.1, 0.15) is 5.65 Å². The minimum absolute atomic E-state index is 0.0916. The summed E-state index contributed by atoms with van der Waals surface area (Å²) >= 11 is 0. The molecule has 1 atom stereocenters. The highest BCUT2D eigenvalue weighted by atomic mass is 19.2. The summed E-state index contributed by atoms with van der Waals surface area (Å²) in [5, 5.41) is 0. The Balaban J connectivity index is 1.34. The number of imidazole rings is 1. The smallest absolute Gasteiger partial charge is 0.159 e. The zero-order valence-corrected chi connectivity index (χ0v) is 14.4. The van der Waals surface area contributed by atoms with Gasteiger partial charge >= 0.3 is 0 Å². The van der Waals surface area contributed by atoms with Crippen LogP contribution in [0, 0.1) is 11.6 Å². The van der Waals surface area contributed by atoms with Crippen LogP contribution >= 0.6 is 0 Å². The Hall–Kier alpha value is -2.31. The van der Waals surface area contributed by atoms with E-state index in [1.807, 2.05) is 28.8 Å². The molecule has 1 fully saturated rings. The number of benzene rings is 1. The molecule has 3 aromatic rings. The maximum atomic E-state index is 13.3. The van der Waals surface area contributed by atoms with Crippen LogP contribution in [0.1, 0.15) is 24.1 Å². The summed E-state index contributed by atoms with van der Waals surface area (Å²) in [5.74, 6) is -1.66. The molecule has 0 radical (unpaired) electrons. The Morgan fingerprint density at radius 1 is 1.15 bits per heavy atom. The molecule has 1 aromatic carbocycles. The Morgan fingerprint density at radius 2 is 2.08 bits per heavy atom. The number of hydrogen-bond donors (Lipinski definition) is 0. The number of halogens is 2. The van der Waals surface area contributed by atoms with Gasteiger partial charge in [-0.15, -0.1) is 0 Å². The van der Waals surface area contributed by atoms with E-state index in [2.05, 4.69) is 16.1 Å². The fraction of sp³-hybridized carbons (Fsp3) is 0.350. The third-order valence-corrected chi connectivity index (χ3v) is 4.73. The number of aromatic nitrogens is 2. The molecule has 0 amide bonds. The number of pyridine rings is 1. The summed E-state index contributed by atoms with van der Waals surface area (Å²) in [5.41, 5.74) is 2.64. The predicted molar refractivity (Wildman–Crippen MR) is 94.6 cm³/mol. The van der Waals surface area contributed by atoms with Crippen molar-refractivity contribution in [2.75, 3.05) is 13.1 Å². The average Bonchev–Trinajstić information content (AvgIpc) is 3.05. The second-order valence-corrected chi connectivity index (χ2v) is 6.76. The number of rotatable bonds is 5. The van der Waals surface area contributed by atoms with Gasteiger partial charge in [-0.2, -0.15) is 0 Å². The molecule has 0 spiro atoms. The van der Waals surface area contributed by atoms with Crippen LogP contribution in [0.2, 0.25) is 0 Å². The first kappa shape index (κ1) is 17.1. The number of piperidine rings is 1. The summed E-state index contributed by atoms with van der Waals surface area (Å²) < 4.78 is 34.2. The predicted octanol–water partition coefficient (Wildman–Crippen LogP) is 3.79. The lowest BCUT2D eigenvalue weighted by Gasteiger charge is -2.32. The van der Waals surface area contributed by atoms with Crippen molar-refractivity contribution < 1.29 is 13.5 Å². The maximum absolute atomic E-state index is 13.3. The monoisotopic (exact) mass is 357 g/mol. The van der Waals surface area contributed by atoms with Gasteiger partial charge in [-0.3, -0.25) is 4.90 Å². The van der Waals surface area contributed by atoms with E-state index < -0.39 is 11.6 Å². The number of likely N-dealkylation sites (tertiary alicyclic amines) is 1. The number of nitrogens with zero attached hydrogens (tertiary/aromatic N) is 3. The minimum Gasteiger partial charge on any atom is -0.372 e. The van der Waals surface area contributed by atoms with Crippen LogP contribution in [0.4, 0.5) is 8.78 Å². The SMILES string of the molecule is Fc1ccc(CO[C@H]2CCCN(Cc3cn4ccccc4n3)C2)cc1F. The second kappa shape index (κ2) is 7.51. The van der Waals surface area contributed by atoms with Gasteiger partial charge in [0.2, 0.25) is 0 Å². The van der Waals surface area contributed by atoms with Crippen LogP contribution in [0.3, 0.4) is 0 Å². The molecule has 3 heterocycles. The molecule has 1 aliphatic rings. The molecule has 2 aromatic heterocycles. The van der Waals surface area contributed by atoms with Crippen LogP contribution < -0.4 is 0 Å². The maximum Gasteiger partial charge on any atom is 0.159 e. The van der Waals surface area contributed by atoms with Crippen LogP contribution in [0.25, 0.3) is 5.65 Å². The van der Waals surface area contributed by atoms with Gasteiger partial charge in [0.25, 0.3) is 0 Å². The molecule has 0 bridgehead atoms. The fourth-order valence-electron chi connectivity index (χ4n) is 3.43. The van der Waals surface area contributed by atoms with E-state index in [1.165, 1.54) is 6.07 Å². The summed E-state index contributed by atoms with van der Waals surface area (Å²) in [6.07, 6.45) is 6.17. The normalized spacial score (nSPS) is 18.5. The highest BCUT2D eigenvalue weighted by Gasteiger charge is 2.21. The first-order valence-corrected chi connectivity index (χ1v) is 8.88. The lowest BCUT2D eigenvalue weighted by molar-refractivity contribution is -0.0124. The van der Waals surface area contributed by atoms with Gasteiger partial charge in [0.15, 0.2) is 11.6 Å². The molecule has 136 valence electrons. The van der Waals surface area contributed by atoms with E-state index >= 15 is 0 Å². The zero-order valence-electron chi connectivity index (χ0n) is 14.4. The van der Waals surface area contributed by atoms with Gasteiger partial charge in [0, 0.05) is 25.5 Å². The quantitative estimate of drug-likeness (QED) is 0.696. The molecule has 0 saturated carbocycles. The van der Waals surface area contributed by atoms with Crippen molar-refractivity contribution in [3.8, 4) is 0 Å². The highest BCUT2D eigenvalue weighted by Crippen LogP contribution is 2.18. The van der Waals surface area contributed by atoms with Crippen molar-refractivity contribution in [1.29, 1.82) is 0 Å². The molecule has 1 aliphatic heterocycles. The van der Waals surface area contributed by atoms with Gasteiger partial charge in [-0.25, -0.2) is 13.8 Å². The zero-order chi connectivity index (χ0) is 17.9. The third kappa shape index (κ3) is 3.92. The lowest BCUT2D eigenvalue weighted by atomic mass is 10.1. The van der Waals surface area contributed by atoms with E-state index in [4.69, 9.17) is 4.74 Å². The number of hydrogen-bond acceptors (Lipinski definition) is 3. The van der Waals surface area contributed by atoms with Crippen molar-refractivity contribution >= 4 is 5.65 Å². The number of ether oxygens (including phenoxy) is 1. The summed E-state index contributed by atoms with van der Waals surface area (Å²) in [6, 6.07) is 9.87. The molecule has 4 rings (SSSR count). The van der Waals surface area contributed by atoms with Gasteiger partial charge in [-0.05, 0) is 49.2 Å². The standard InChI is InChI=1S/C20H21F2N3O/c21-18-7-6-15(10-19(18)22)14-26-17-4-3-8-24(13-17)11-16-12-25-9-2-1-5-20(25)23-16/h1-2,5-7,9-10,12,17H,3-4,8,11,13-14H2/t17-/m0/s1. The molecular formula is C20H21F2N3O. The molecule has 6 heteroatoms.